The Kier molecular flexibility index (Phi) is 5.06. The largest absolute Gasteiger partial charge is 0.223 e. The van der Waals surface area contributed by atoms with Crippen molar-refractivity contribution in [3.63, 3.8) is 0 Å². The van der Waals surface area contributed by atoms with Crippen molar-refractivity contribution in [1.29, 1.82) is 0 Å². The maximum atomic E-state index is 12.7. The van der Waals surface area contributed by atoms with Crippen LogP contribution in [0.25, 0.3) is 0 Å². The third-order valence-electron chi connectivity index (χ3n) is 3.55. The van der Waals surface area contributed by atoms with Crippen LogP contribution in [0.3, 0.4) is 0 Å². The van der Waals surface area contributed by atoms with Gasteiger partial charge in [-0.25, -0.2) is 8.42 Å². The van der Waals surface area contributed by atoms with Gasteiger partial charge in [0.1, 0.15) is 0 Å². The van der Waals surface area contributed by atoms with Gasteiger partial charge in [0, 0.05) is 3.92 Å². The summed E-state index contributed by atoms with van der Waals surface area (Å²) in [5, 5.41) is -0.263. The number of sulfone groups is 1. The number of aryl methyl sites for hydroxylation is 1. The molecule has 0 spiro atoms. The molecule has 1 aromatic carbocycles. The molecule has 0 N–H and O–H groups in total. The third kappa shape index (κ3) is 3.60. The van der Waals surface area contributed by atoms with Gasteiger partial charge in [0.2, 0.25) is 0 Å². The van der Waals surface area contributed by atoms with Crippen LogP contribution in [0.2, 0.25) is 0 Å². The maximum Gasteiger partial charge on any atom is 0.182 e. The highest BCUT2D eigenvalue weighted by molar-refractivity contribution is 14.1. The molecule has 2 atom stereocenters. The Morgan fingerprint density at radius 3 is 2.26 bits per heavy atom. The first-order chi connectivity index (χ1) is 9.01. The molecule has 0 unspecified atom stereocenters. The second kappa shape index (κ2) is 6.39. The van der Waals surface area contributed by atoms with Gasteiger partial charge in [-0.1, -0.05) is 52.4 Å². The average Bonchev–Trinajstić information content (AvgIpc) is 2.34. The Labute approximate surface area is 129 Å². The summed E-state index contributed by atoms with van der Waals surface area (Å²) in [6, 6.07) is 7.22. The minimum Gasteiger partial charge on any atom is -0.223 e. The van der Waals surface area contributed by atoms with Gasteiger partial charge >= 0.3 is 0 Å². The topological polar surface area (TPSA) is 34.1 Å². The first-order valence-corrected chi connectivity index (χ1v) is 9.40. The number of halogens is 1. The van der Waals surface area contributed by atoms with Crippen LogP contribution in [-0.2, 0) is 9.84 Å². The minimum absolute atomic E-state index is 0.189. The molecule has 0 fully saturated rings. The lowest BCUT2D eigenvalue weighted by Gasteiger charge is -2.23. The van der Waals surface area contributed by atoms with Crippen molar-refractivity contribution in [1.82, 2.24) is 0 Å². The zero-order valence-corrected chi connectivity index (χ0v) is 14.0. The van der Waals surface area contributed by atoms with Crippen LogP contribution in [0.5, 0.6) is 0 Å². The lowest BCUT2D eigenvalue weighted by Crippen LogP contribution is -2.31. The van der Waals surface area contributed by atoms with Crippen LogP contribution in [0.4, 0.5) is 0 Å². The fourth-order valence-electron chi connectivity index (χ4n) is 2.37. The first kappa shape index (κ1) is 15.0. The molecule has 1 aliphatic carbocycles. The number of benzene rings is 1. The van der Waals surface area contributed by atoms with Crippen LogP contribution in [0.15, 0.2) is 41.3 Å². The molecule has 2 nitrogen and oxygen atoms in total. The fourth-order valence-corrected chi connectivity index (χ4v) is 6.09. The Morgan fingerprint density at radius 2 is 1.63 bits per heavy atom. The lowest BCUT2D eigenvalue weighted by molar-refractivity contribution is 0.560. The number of hydrogen-bond donors (Lipinski definition) is 0. The van der Waals surface area contributed by atoms with Crippen molar-refractivity contribution < 1.29 is 8.42 Å². The van der Waals surface area contributed by atoms with E-state index in [1.54, 1.807) is 12.1 Å². The van der Waals surface area contributed by atoms with E-state index in [1.165, 1.54) is 0 Å². The number of hydrogen-bond acceptors (Lipinski definition) is 2. The molecule has 104 valence electrons. The summed E-state index contributed by atoms with van der Waals surface area (Å²) in [7, 11) is -3.21. The summed E-state index contributed by atoms with van der Waals surface area (Å²) < 4.78 is 25.7. The zero-order chi connectivity index (χ0) is 13.9. The van der Waals surface area contributed by atoms with Crippen LogP contribution < -0.4 is 0 Å². The molecular weight excluding hydrogens is 371 g/mol. The molecule has 0 aromatic heterocycles. The second-order valence-corrected chi connectivity index (χ2v) is 8.81. The third-order valence-corrected chi connectivity index (χ3v) is 7.81. The van der Waals surface area contributed by atoms with Gasteiger partial charge in [-0.15, -0.1) is 0 Å². The Bertz CT molecular complexity index is 546. The second-order valence-electron chi connectivity index (χ2n) is 5.04. The van der Waals surface area contributed by atoms with Crippen LogP contribution in [0.1, 0.15) is 31.2 Å². The molecule has 0 saturated carbocycles. The van der Waals surface area contributed by atoms with Crippen LogP contribution in [0, 0.1) is 6.92 Å². The van der Waals surface area contributed by atoms with Crippen molar-refractivity contribution >= 4 is 32.4 Å². The molecule has 2 rings (SSSR count). The highest BCUT2D eigenvalue weighted by Gasteiger charge is 2.32. The van der Waals surface area contributed by atoms with E-state index in [0.717, 1.165) is 31.2 Å². The average molecular weight is 390 g/mol. The molecule has 19 heavy (non-hydrogen) atoms. The standard InChI is InChI=1S/C15H19IO2S/c1-12-8-10-13(11-9-12)19(17,18)15-7-5-3-2-4-6-14(15)16/h2-3,8-11,14-15H,4-7H2,1H3/b3-2-/t14-,15+/m0/s1. The normalized spacial score (nSPS) is 26.4. The van der Waals surface area contributed by atoms with E-state index in [9.17, 15) is 8.42 Å². The monoisotopic (exact) mass is 390 g/mol. The molecule has 1 aliphatic rings. The van der Waals surface area contributed by atoms with Crippen molar-refractivity contribution in [3.05, 3.63) is 42.0 Å². The summed E-state index contributed by atoms with van der Waals surface area (Å²) in [6.45, 7) is 1.97. The van der Waals surface area contributed by atoms with Crippen molar-refractivity contribution in [2.24, 2.45) is 0 Å². The van der Waals surface area contributed by atoms with Crippen molar-refractivity contribution in [2.75, 3.05) is 0 Å². The fraction of sp³-hybridized carbons (Fsp3) is 0.467. The molecule has 0 amide bonds. The van der Waals surface area contributed by atoms with Gasteiger partial charge in [-0.05, 0) is 44.7 Å². The minimum atomic E-state index is -3.21. The summed E-state index contributed by atoms with van der Waals surface area (Å²) >= 11 is 2.31. The van der Waals surface area contributed by atoms with E-state index in [0.29, 0.717) is 4.90 Å². The lowest BCUT2D eigenvalue weighted by atomic mass is 10.1. The molecule has 0 saturated heterocycles. The number of alkyl halides is 1. The van der Waals surface area contributed by atoms with Crippen molar-refractivity contribution in [2.45, 2.75) is 46.7 Å². The van der Waals surface area contributed by atoms with Gasteiger partial charge in [-0.3, -0.25) is 0 Å². The quantitative estimate of drug-likeness (QED) is 0.434. The molecule has 4 heteroatoms. The van der Waals surface area contributed by atoms with Crippen LogP contribution in [-0.4, -0.2) is 17.6 Å². The van der Waals surface area contributed by atoms with E-state index in [-0.39, 0.29) is 9.17 Å². The predicted molar refractivity (Wildman–Crippen MR) is 87.6 cm³/mol. The van der Waals surface area contributed by atoms with E-state index < -0.39 is 9.84 Å². The highest BCUT2D eigenvalue weighted by Crippen LogP contribution is 2.30. The van der Waals surface area contributed by atoms with Crippen molar-refractivity contribution in [3.8, 4) is 0 Å². The van der Waals surface area contributed by atoms with E-state index in [4.69, 9.17) is 0 Å². The van der Waals surface area contributed by atoms with Gasteiger partial charge in [0.25, 0.3) is 0 Å². The Hall–Kier alpha value is -0.360. The molecule has 0 aliphatic heterocycles. The molecular formula is C15H19IO2S. The zero-order valence-electron chi connectivity index (χ0n) is 11.0. The summed E-state index contributed by atoms with van der Waals surface area (Å²) in [6.07, 6.45) is 7.77. The van der Waals surface area contributed by atoms with E-state index in [1.807, 2.05) is 19.1 Å². The van der Waals surface area contributed by atoms with Gasteiger partial charge in [-0.2, -0.15) is 0 Å². The summed E-state index contributed by atoms with van der Waals surface area (Å²) in [4.78, 5) is 0.467. The van der Waals surface area contributed by atoms with E-state index >= 15 is 0 Å². The van der Waals surface area contributed by atoms with E-state index in [2.05, 4.69) is 34.7 Å². The number of allylic oxidation sites excluding steroid dienone is 2. The number of rotatable bonds is 2. The molecule has 0 radical (unpaired) electrons. The predicted octanol–water partition coefficient (Wildman–Crippen LogP) is 4.07. The Morgan fingerprint density at radius 1 is 1.05 bits per heavy atom. The summed E-state index contributed by atoms with van der Waals surface area (Å²) in [5.74, 6) is 0. The molecule has 0 bridgehead atoms. The highest BCUT2D eigenvalue weighted by atomic mass is 127. The van der Waals surface area contributed by atoms with Gasteiger partial charge in [0.15, 0.2) is 9.84 Å². The van der Waals surface area contributed by atoms with Crippen LogP contribution >= 0.6 is 22.6 Å². The molecule has 1 aromatic rings. The SMILES string of the molecule is Cc1ccc(S(=O)(=O)[C@@H]2CC/C=C\CC[C@@H]2I)cc1. The smallest absolute Gasteiger partial charge is 0.182 e. The van der Waals surface area contributed by atoms with Gasteiger partial charge < -0.3 is 0 Å². The maximum absolute atomic E-state index is 12.7. The Balaban J connectivity index is 2.31. The van der Waals surface area contributed by atoms with Gasteiger partial charge in [0.05, 0.1) is 10.1 Å². The first-order valence-electron chi connectivity index (χ1n) is 6.61. The molecule has 0 heterocycles. The summed E-state index contributed by atoms with van der Waals surface area (Å²) in [5.41, 5.74) is 1.09.